The molecule has 2 rings (SSSR count). The van der Waals surface area contributed by atoms with Crippen LogP contribution < -0.4 is 10.1 Å². The highest BCUT2D eigenvalue weighted by Crippen LogP contribution is 2.38. The molecular weight excluding hydrogens is 284 g/mol. The lowest BCUT2D eigenvalue weighted by molar-refractivity contribution is 0.385. The molecule has 1 aromatic rings. The summed E-state index contributed by atoms with van der Waals surface area (Å²) in [7, 11) is 3.33. The molecule has 120 valence electrons. The average molecular weight is 307 g/mol. The van der Waals surface area contributed by atoms with Gasteiger partial charge in [0.1, 0.15) is 5.83 Å². The fourth-order valence-corrected chi connectivity index (χ4v) is 2.94. The zero-order chi connectivity index (χ0) is 16.1. The molecule has 0 saturated carbocycles. The van der Waals surface area contributed by atoms with Gasteiger partial charge in [0.05, 0.1) is 7.11 Å². The number of hydrogen-bond donors (Lipinski definition) is 1. The molecule has 0 saturated heterocycles. The summed E-state index contributed by atoms with van der Waals surface area (Å²) in [5, 5.41) is 3.12. The van der Waals surface area contributed by atoms with Crippen LogP contribution in [0.5, 0.6) is 5.75 Å². The Morgan fingerprint density at radius 2 is 2.14 bits per heavy atom. The van der Waals surface area contributed by atoms with Crippen LogP contribution >= 0.6 is 0 Å². The van der Waals surface area contributed by atoms with Crippen LogP contribution in [0.1, 0.15) is 31.2 Å². The normalized spacial score (nSPS) is 19.4. The topological polar surface area (TPSA) is 21.3 Å². The van der Waals surface area contributed by atoms with Gasteiger partial charge in [-0.2, -0.15) is 0 Å². The van der Waals surface area contributed by atoms with Crippen molar-refractivity contribution in [2.75, 3.05) is 20.7 Å². The molecule has 1 aliphatic rings. The van der Waals surface area contributed by atoms with E-state index in [1.165, 1.54) is 13.2 Å². The highest BCUT2D eigenvalue weighted by molar-refractivity contribution is 5.39. The van der Waals surface area contributed by atoms with Crippen LogP contribution in [0.25, 0.3) is 0 Å². The van der Waals surface area contributed by atoms with Crippen molar-refractivity contribution < 1.29 is 13.5 Å². The minimum absolute atomic E-state index is 0.00214. The van der Waals surface area contributed by atoms with E-state index in [9.17, 15) is 8.78 Å². The standard InChI is InChI=1S/C18H23F2NO/c1-12-4-6-14(19)11-16(12)15(8-9-21-2)13-5-7-18(22-3)17(20)10-13/h5-7,10-12,15,21H,4,8-9H2,1-3H3. The molecule has 1 aliphatic carbocycles. The van der Waals surface area contributed by atoms with Crippen molar-refractivity contribution in [2.24, 2.45) is 5.92 Å². The predicted molar refractivity (Wildman–Crippen MR) is 85.3 cm³/mol. The summed E-state index contributed by atoms with van der Waals surface area (Å²) in [4.78, 5) is 0. The average Bonchev–Trinajstić information content (AvgIpc) is 2.51. The largest absolute Gasteiger partial charge is 0.494 e. The third kappa shape index (κ3) is 3.74. The van der Waals surface area contributed by atoms with Gasteiger partial charge in [0, 0.05) is 5.92 Å². The zero-order valence-electron chi connectivity index (χ0n) is 13.3. The molecule has 0 spiro atoms. The summed E-state index contributed by atoms with van der Waals surface area (Å²) in [6.45, 7) is 2.87. The van der Waals surface area contributed by atoms with E-state index in [0.29, 0.717) is 6.42 Å². The number of halogens is 2. The van der Waals surface area contributed by atoms with Crippen molar-refractivity contribution in [1.82, 2.24) is 5.32 Å². The lowest BCUT2D eigenvalue weighted by atomic mass is 9.78. The van der Waals surface area contributed by atoms with E-state index in [0.717, 1.165) is 24.1 Å². The molecule has 0 aliphatic heterocycles. The highest BCUT2D eigenvalue weighted by Gasteiger charge is 2.24. The first-order valence-electron chi connectivity index (χ1n) is 7.62. The van der Waals surface area contributed by atoms with Gasteiger partial charge in [-0.1, -0.05) is 18.6 Å². The van der Waals surface area contributed by atoms with Gasteiger partial charge in [-0.15, -0.1) is 0 Å². The summed E-state index contributed by atoms with van der Waals surface area (Å²) in [6, 6.07) is 5.01. The molecule has 0 heterocycles. The van der Waals surface area contributed by atoms with Crippen molar-refractivity contribution in [1.29, 1.82) is 0 Å². The smallest absolute Gasteiger partial charge is 0.165 e. The van der Waals surface area contributed by atoms with E-state index in [2.05, 4.69) is 12.2 Å². The molecule has 2 nitrogen and oxygen atoms in total. The number of allylic oxidation sites excluding steroid dienone is 4. The van der Waals surface area contributed by atoms with Crippen LogP contribution in [0.15, 0.2) is 41.8 Å². The molecule has 2 atom stereocenters. The number of ether oxygens (including phenoxy) is 1. The summed E-state index contributed by atoms with van der Waals surface area (Å²) < 4.78 is 32.7. The van der Waals surface area contributed by atoms with Crippen molar-refractivity contribution in [2.45, 2.75) is 25.7 Å². The number of nitrogens with one attached hydrogen (secondary N) is 1. The predicted octanol–water partition coefficient (Wildman–Crippen LogP) is 4.35. The second kappa shape index (κ2) is 7.54. The Morgan fingerprint density at radius 3 is 2.77 bits per heavy atom. The van der Waals surface area contributed by atoms with Crippen LogP contribution in [-0.4, -0.2) is 20.7 Å². The SMILES string of the molecule is CNCCC(C1=CC(F)=CCC1C)c1ccc(OC)c(F)c1. The molecule has 0 bridgehead atoms. The van der Waals surface area contributed by atoms with E-state index in [1.54, 1.807) is 18.2 Å². The summed E-state index contributed by atoms with van der Waals surface area (Å²) >= 11 is 0. The van der Waals surface area contributed by atoms with Gasteiger partial charge in [0.2, 0.25) is 0 Å². The Bertz CT molecular complexity index is 580. The van der Waals surface area contributed by atoms with E-state index in [-0.39, 0.29) is 29.2 Å². The number of methoxy groups -OCH3 is 1. The van der Waals surface area contributed by atoms with E-state index >= 15 is 0 Å². The van der Waals surface area contributed by atoms with Crippen LogP contribution in [0.3, 0.4) is 0 Å². The van der Waals surface area contributed by atoms with Gasteiger partial charge in [-0.05, 0) is 62.2 Å². The molecule has 1 N–H and O–H groups in total. The fourth-order valence-electron chi connectivity index (χ4n) is 2.94. The first kappa shape index (κ1) is 16.7. The van der Waals surface area contributed by atoms with E-state index in [4.69, 9.17) is 4.74 Å². The lowest BCUT2D eigenvalue weighted by Gasteiger charge is -2.27. The quantitative estimate of drug-likeness (QED) is 0.844. The molecular formula is C18H23F2NO. The molecule has 22 heavy (non-hydrogen) atoms. The first-order chi connectivity index (χ1) is 10.6. The van der Waals surface area contributed by atoms with Crippen molar-refractivity contribution >= 4 is 0 Å². The minimum atomic E-state index is -0.380. The van der Waals surface area contributed by atoms with Gasteiger partial charge in [0.25, 0.3) is 0 Å². The van der Waals surface area contributed by atoms with Gasteiger partial charge < -0.3 is 10.1 Å². The maximum absolute atomic E-state index is 14.0. The van der Waals surface area contributed by atoms with Gasteiger partial charge in [-0.3, -0.25) is 0 Å². The third-order valence-corrected chi connectivity index (χ3v) is 4.20. The first-order valence-corrected chi connectivity index (χ1v) is 7.62. The maximum atomic E-state index is 14.0. The van der Waals surface area contributed by atoms with Crippen LogP contribution in [-0.2, 0) is 0 Å². The molecule has 2 unspecified atom stereocenters. The van der Waals surface area contributed by atoms with Gasteiger partial charge >= 0.3 is 0 Å². The summed E-state index contributed by atoms with van der Waals surface area (Å²) in [5.74, 6) is -0.0900. The van der Waals surface area contributed by atoms with Gasteiger partial charge in [-0.25, -0.2) is 8.78 Å². The molecule has 0 fully saturated rings. The number of rotatable bonds is 6. The van der Waals surface area contributed by atoms with Crippen LogP contribution in [0.4, 0.5) is 8.78 Å². The summed E-state index contributed by atoms with van der Waals surface area (Å²) in [6.07, 6.45) is 4.70. The second-order valence-corrected chi connectivity index (χ2v) is 5.71. The third-order valence-electron chi connectivity index (χ3n) is 4.20. The molecule has 0 radical (unpaired) electrons. The lowest BCUT2D eigenvalue weighted by Crippen LogP contribution is -2.18. The molecule has 1 aromatic carbocycles. The monoisotopic (exact) mass is 307 g/mol. The number of hydrogen-bond acceptors (Lipinski definition) is 2. The Kier molecular flexibility index (Phi) is 5.72. The van der Waals surface area contributed by atoms with E-state index < -0.39 is 0 Å². The second-order valence-electron chi connectivity index (χ2n) is 5.71. The molecule has 0 amide bonds. The Labute approximate surface area is 130 Å². The Hall–Kier alpha value is -1.68. The Morgan fingerprint density at radius 1 is 1.36 bits per heavy atom. The van der Waals surface area contributed by atoms with Crippen molar-refractivity contribution in [3.05, 3.63) is 53.1 Å². The maximum Gasteiger partial charge on any atom is 0.165 e. The highest BCUT2D eigenvalue weighted by atomic mass is 19.1. The van der Waals surface area contributed by atoms with Crippen LogP contribution in [0.2, 0.25) is 0 Å². The van der Waals surface area contributed by atoms with Crippen molar-refractivity contribution in [3.63, 3.8) is 0 Å². The minimum Gasteiger partial charge on any atom is -0.494 e. The number of benzene rings is 1. The molecule has 0 aromatic heterocycles. The fraction of sp³-hybridized carbons (Fsp3) is 0.444. The van der Waals surface area contributed by atoms with Crippen molar-refractivity contribution in [3.8, 4) is 5.75 Å². The molecule has 4 heteroatoms. The zero-order valence-corrected chi connectivity index (χ0v) is 13.3. The summed E-state index contributed by atoms with van der Waals surface area (Å²) in [5.41, 5.74) is 1.89. The van der Waals surface area contributed by atoms with Gasteiger partial charge in [0.15, 0.2) is 11.6 Å². The van der Waals surface area contributed by atoms with Crippen LogP contribution in [0, 0.1) is 11.7 Å². The Balaban J connectivity index is 2.37. The van der Waals surface area contributed by atoms with E-state index in [1.807, 2.05) is 13.1 Å².